The summed E-state index contributed by atoms with van der Waals surface area (Å²) in [7, 11) is 0. The maximum atomic E-state index is 12.7. The fraction of sp³-hybridized carbons (Fsp3) is 0.0833. The van der Waals surface area contributed by atoms with Crippen LogP contribution in [0.25, 0.3) is 0 Å². The van der Waals surface area contributed by atoms with E-state index in [9.17, 15) is 4.79 Å². The highest BCUT2D eigenvalue weighted by Crippen LogP contribution is 2.28. The van der Waals surface area contributed by atoms with Gasteiger partial charge in [-0.05, 0) is 53.6 Å². The van der Waals surface area contributed by atoms with Crippen molar-refractivity contribution in [1.82, 2.24) is 9.78 Å². The van der Waals surface area contributed by atoms with Gasteiger partial charge in [-0.3, -0.25) is 9.48 Å². The van der Waals surface area contributed by atoms with E-state index in [1.54, 1.807) is 47.1 Å². The van der Waals surface area contributed by atoms with Crippen LogP contribution in [-0.2, 0) is 13.2 Å². The third kappa shape index (κ3) is 5.82. The van der Waals surface area contributed by atoms with Gasteiger partial charge in [0.25, 0.3) is 5.91 Å². The number of ether oxygens (including phenoxy) is 1. The van der Waals surface area contributed by atoms with Gasteiger partial charge >= 0.3 is 0 Å². The van der Waals surface area contributed by atoms with Crippen LogP contribution in [-0.4, -0.2) is 15.7 Å². The summed E-state index contributed by atoms with van der Waals surface area (Å²) in [6.07, 6.45) is 1.81. The number of aromatic nitrogens is 2. The largest absolute Gasteiger partial charge is 0.487 e. The molecule has 162 valence electrons. The second kappa shape index (κ2) is 10.1. The van der Waals surface area contributed by atoms with E-state index in [4.69, 9.17) is 39.5 Å². The topological polar surface area (TPSA) is 56.2 Å². The molecule has 32 heavy (non-hydrogen) atoms. The summed E-state index contributed by atoms with van der Waals surface area (Å²) in [5.41, 5.74) is 2.39. The molecule has 4 rings (SSSR count). The lowest BCUT2D eigenvalue weighted by molar-refractivity contribution is 0.102. The van der Waals surface area contributed by atoms with Crippen molar-refractivity contribution in [2.45, 2.75) is 13.2 Å². The van der Waals surface area contributed by atoms with Crippen LogP contribution in [0, 0.1) is 0 Å². The van der Waals surface area contributed by atoms with Crippen molar-refractivity contribution in [2.75, 3.05) is 5.32 Å². The summed E-state index contributed by atoms with van der Waals surface area (Å²) >= 11 is 18.0. The van der Waals surface area contributed by atoms with Crippen molar-refractivity contribution in [3.05, 3.63) is 111 Å². The first-order valence-electron chi connectivity index (χ1n) is 9.72. The molecule has 0 aliphatic carbocycles. The van der Waals surface area contributed by atoms with Crippen molar-refractivity contribution in [2.24, 2.45) is 0 Å². The number of anilines is 1. The second-order valence-electron chi connectivity index (χ2n) is 7.04. The molecular weight excluding hydrogens is 469 g/mol. The second-order valence-corrected chi connectivity index (χ2v) is 8.32. The van der Waals surface area contributed by atoms with E-state index in [0.717, 1.165) is 11.1 Å². The summed E-state index contributed by atoms with van der Waals surface area (Å²) in [4.78, 5) is 12.7. The van der Waals surface area contributed by atoms with Gasteiger partial charge in [-0.15, -0.1) is 0 Å². The first-order valence-corrected chi connectivity index (χ1v) is 10.9. The highest BCUT2D eigenvalue weighted by atomic mass is 35.5. The van der Waals surface area contributed by atoms with Crippen molar-refractivity contribution in [3.63, 3.8) is 0 Å². The molecular formula is C24H18Cl3N3O2. The zero-order chi connectivity index (χ0) is 22.5. The minimum absolute atomic E-state index is 0.256. The molecule has 1 aromatic heterocycles. The maximum Gasteiger partial charge on any atom is 0.256 e. The minimum atomic E-state index is -0.256. The van der Waals surface area contributed by atoms with Gasteiger partial charge in [-0.1, -0.05) is 59.1 Å². The fourth-order valence-electron chi connectivity index (χ4n) is 3.04. The third-order valence-corrected chi connectivity index (χ3v) is 5.40. The molecule has 1 N–H and O–H groups in total. The Labute approximate surface area is 200 Å². The highest BCUT2D eigenvalue weighted by molar-refractivity contribution is 6.35. The van der Waals surface area contributed by atoms with Gasteiger partial charge in [0.05, 0.1) is 11.6 Å². The number of nitrogens with zero attached hydrogens (tertiary/aromatic N) is 2. The number of hydrogen-bond donors (Lipinski definition) is 1. The highest BCUT2D eigenvalue weighted by Gasteiger charge is 2.10. The molecule has 8 heteroatoms. The average molecular weight is 487 g/mol. The summed E-state index contributed by atoms with van der Waals surface area (Å²) in [5, 5.41) is 8.89. The predicted molar refractivity (Wildman–Crippen MR) is 128 cm³/mol. The lowest BCUT2D eigenvalue weighted by atomic mass is 10.1. The molecule has 1 heterocycles. The maximum absolute atomic E-state index is 12.7. The van der Waals surface area contributed by atoms with Crippen molar-refractivity contribution < 1.29 is 9.53 Å². The molecule has 0 saturated carbocycles. The Morgan fingerprint density at radius 3 is 2.47 bits per heavy atom. The number of halogens is 3. The zero-order valence-electron chi connectivity index (χ0n) is 16.8. The lowest BCUT2D eigenvalue weighted by Crippen LogP contribution is -2.13. The van der Waals surface area contributed by atoms with Crippen LogP contribution in [0.1, 0.15) is 21.5 Å². The molecule has 3 aromatic carbocycles. The molecule has 0 bridgehead atoms. The van der Waals surface area contributed by atoms with Gasteiger partial charge in [-0.25, -0.2) is 0 Å². The van der Waals surface area contributed by atoms with Crippen LogP contribution < -0.4 is 10.1 Å². The van der Waals surface area contributed by atoms with Crippen LogP contribution in [0.15, 0.2) is 79.0 Å². The number of benzene rings is 3. The van der Waals surface area contributed by atoms with Crippen LogP contribution >= 0.6 is 34.8 Å². The van der Waals surface area contributed by atoms with E-state index in [0.29, 0.717) is 38.7 Å². The van der Waals surface area contributed by atoms with E-state index in [-0.39, 0.29) is 12.5 Å². The van der Waals surface area contributed by atoms with Crippen molar-refractivity contribution in [3.8, 4) is 5.75 Å². The number of carbonyl (C=O) groups excluding carboxylic acids is 1. The molecule has 1 amide bonds. The summed E-state index contributed by atoms with van der Waals surface area (Å²) in [5.74, 6) is 0.740. The smallest absolute Gasteiger partial charge is 0.256 e. The molecule has 0 aliphatic rings. The first kappa shape index (κ1) is 22.2. The Kier molecular flexibility index (Phi) is 7.00. The van der Waals surface area contributed by atoms with Gasteiger partial charge in [0.15, 0.2) is 5.82 Å². The van der Waals surface area contributed by atoms with Gasteiger partial charge in [0.2, 0.25) is 0 Å². The Bertz CT molecular complexity index is 1240. The van der Waals surface area contributed by atoms with E-state index >= 15 is 0 Å². The van der Waals surface area contributed by atoms with Gasteiger partial charge in [-0.2, -0.15) is 5.10 Å². The molecule has 4 aromatic rings. The molecule has 0 saturated heterocycles. The van der Waals surface area contributed by atoms with Crippen LogP contribution in [0.5, 0.6) is 5.75 Å². The average Bonchev–Trinajstić information content (AvgIpc) is 3.21. The van der Waals surface area contributed by atoms with Crippen molar-refractivity contribution in [1.29, 1.82) is 0 Å². The van der Waals surface area contributed by atoms with E-state index in [1.165, 1.54) is 0 Å². The monoisotopic (exact) mass is 485 g/mol. The first-order chi connectivity index (χ1) is 15.5. The van der Waals surface area contributed by atoms with E-state index in [1.807, 2.05) is 36.5 Å². The quantitative estimate of drug-likeness (QED) is 0.315. The number of hydrogen-bond acceptors (Lipinski definition) is 3. The lowest BCUT2D eigenvalue weighted by Gasteiger charge is -2.09. The van der Waals surface area contributed by atoms with Crippen LogP contribution in [0.4, 0.5) is 5.82 Å². The molecule has 0 radical (unpaired) electrons. The standard InChI is InChI=1S/C24H18Cl3N3O2/c25-19-6-4-16(5-7-19)14-30-11-10-23(29-30)28-24(31)18-3-1-2-17(12-18)15-32-22-9-8-20(26)13-21(22)27/h1-13H,14-15H2,(H,28,29,31). The number of carbonyl (C=O) groups is 1. The fourth-order valence-corrected chi connectivity index (χ4v) is 3.63. The SMILES string of the molecule is O=C(Nc1ccn(Cc2ccc(Cl)cc2)n1)c1cccc(COc2ccc(Cl)cc2Cl)c1. The predicted octanol–water partition coefficient (Wildman–Crippen LogP) is 6.72. The molecule has 0 unspecified atom stereocenters. The Balaban J connectivity index is 1.37. The summed E-state index contributed by atoms with van der Waals surface area (Å²) < 4.78 is 7.50. The molecule has 5 nitrogen and oxygen atoms in total. The molecule has 0 aliphatic heterocycles. The van der Waals surface area contributed by atoms with Gasteiger partial charge in [0, 0.05) is 27.9 Å². The Hall–Kier alpha value is -2.99. The van der Waals surface area contributed by atoms with E-state index in [2.05, 4.69) is 10.4 Å². The molecule has 0 fully saturated rings. The Morgan fingerprint density at radius 1 is 0.906 bits per heavy atom. The molecule has 0 spiro atoms. The Morgan fingerprint density at radius 2 is 1.69 bits per heavy atom. The van der Waals surface area contributed by atoms with Gasteiger partial charge < -0.3 is 10.1 Å². The number of amides is 1. The minimum Gasteiger partial charge on any atom is -0.487 e. The third-order valence-electron chi connectivity index (χ3n) is 4.62. The van der Waals surface area contributed by atoms with Crippen LogP contribution in [0.2, 0.25) is 15.1 Å². The molecule has 0 atom stereocenters. The van der Waals surface area contributed by atoms with Crippen molar-refractivity contribution >= 4 is 46.5 Å². The normalized spacial score (nSPS) is 10.7. The zero-order valence-corrected chi connectivity index (χ0v) is 19.0. The number of rotatable bonds is 7. The number of nitrogens with one attached hydrogen (secondary N) is 1. The van der Waals surface area contributed by atoms with E-state index < -0.39 is 0 Å². The summed E-state index contributed by atoms with van der Waals surface area (Å²) in [6, 6.07) is 21.5. The summed E-state index contributed by atoms with van der Waals surface area (Å²) in [6.45, 7) is 0.839. The van der Waals surface area contributed by atoms with Gasteiger partial charge in [0.1, 0.15) is 12.4 Å². The van der Waals surface area contributed by atoms with Crippen LogP contribution in [0.3, 0.4) is 0 Å².